The number of nitrogens with zero attached hydrogens (tertiary/aromatic N) is 4. The highest BCUT2D eigenvalue weighted by Gasteiger charge is 2.15. The summed E-state index contributed by atoms with van der Waals surface area (Å²) in [6, 6.07) is 21.8. The largest absolute Gasteiger partial charge is 0.330 e. The molecule has 0 aliphatic rings. The van der Waals surface area contributed by atoms with Crippen LogP contribution in [0.2, 0.25) is 5.02 Å². The summed E-state index contributed by atoms with van der Waals surface area (Å²) >= 11 is 7.50. The summed E-state index contributed by atoms with van der Waals surface area (Å²) < 4.78 is 15.2. The van der Waals surface area contributed by atoms with Crippen molar-refractivity contribution in [2.24, 2.45) is 0 Å². The van der Waals surface area contributed by atoms with Crippen molar-refractivity contribution in [3.63, 3.8) is 0 Å². The van der Waals surface area contributed by atoms with Gasteiger partial charge < -0.3 is 9.88 Å². The monoisotopic (exact) mass is 435 g/mol. The number of anilines is 2. The van der Waals surface area contributed by atoms with Gasteiger partial charge in [0, 0.05) is 16.3 Å². The first-order valence-corrected chi connectivity index (χ1v) is 10.4. The van der Waals surface area contributed by atoms with Crippen LogP contribution < -0.4 is 5.32 Å². The van der Waals surface area contributed by atoms with Crippen LogP contribution in [0.1, 0.15) is 5.01 Å². The van der Waals surface area contributed by atoms with Gasteiger partial charge in [0.15, 0.2) is 0 Å². The zero-order chi connectivity index (χ0) is 20.5. The Bertz CT molecular complexity index is 1310. The summed E-state index contributed by atoms with van der Waals surface area (Å²) in [5, 5.41) is 13.9. The van der Waals surface area contributed by atoms with E-state index in [0.29, 0.717) is 16.7 Å². The third kappa shape index (κ3) is 3.77. The number of para-hydroxylation sites is 2. The van der Waals surface area contributed by atoms with Crippen LogP contribution in [-0.4, -0.2) is 19.7 Å². The summed E-state index contributed by atoms with van der Waals surface area (Å²) in [5.74, 6) is 0.566. The minimum absolute atomic E-state index is 0.278. The first kappa shape index (κ1) is 18.7. The molecule has 5 rings (SSSR count). The number of rotatable bonds is 5. The average Bonchev–Trinajstić information content (AvgIpc) is 3.35. The summed E-state index contributed by atoms with van der Waals surface area (Å²) in [6.07, 6.45) is 0. The van der Waals surface area contributed by atoms with E-state index in [2.05, 4.69) is 20.1 Å². The Balaban J connectivity index is 1.48. The highest BCUT2D eigenvalue weighted by molar-refractivity contribution is 7.15. The highest BCUT2D eigenvalue weighted by atomic mass is 35.5. The minimum atomic E-state index is -0.278. The van der Waals surface area contributed by atoms with E-state index in [-0.39, 0.29) is 5.82 Å². The van der Waals surface area contributed by atoms with Crippen LogP contribution in [0.15, 0.2) is 72.8 Å². The number of fused-ring (bicyclic) bond motifs is 1. The fourth-order valence-corrected chi connectivity index (χ4v) is 4.09. The molecule has 0 amide bonds. The van der Waals surface area contributed by atoms with Gasteiger partial charge in [-0.05, 0) is 60.7 Å². The van der Waals surface area contributed by atoms with Crippen molar-refractivity contribution in [3.05, 3.63) is 88.6 Å². The molecule has 0 aliphatic heterocycles. The number of halogens is 2. The van der Waals surface area contributed by atoms with Crippen molar-refractivity contribution in [2.45, 2.75) is 6.54 Å². The molecule has 0 bridgehead atoms. The van der Waals surface area contributed by atoms with Crippen molar-refractivity contribution >= 4 is 44.8 Å². The zero-order valence-electron chi connectivity index (χ0n) is 15.6. The van der Waals surface area contributed by atoms with Crippen molar-refractivity contribution in [3.8, 4) is 11.4 Å². The molecule has 0 fully saturated rings. The lowest BCUT2D eigenvalue weighted by Gasteiger charge is -2.07. The number of nitrogens with one attached hydrogen (secondary N) is 1. The van der Waals surface area contributed by atoms with E-state index in [1.807, 2.05) is 48.5 Å². The number of aromatic nitrogens is 4. The van der Waals surface area contributed by atoms with Crippen molar-refractivity contribution in [1.29, 1.82) is 0 Å². The van der Waals surface area contributed by atoms with Crippen LogP contribution in [0.3, 0.4) is 0 Å². The number of benzene rings is 3. The zero-order valence-corrected chi connectivity index (χ0v) is 17.2. The van der Waals surface area contributed by atoms with Gasteiger partial charge in [-0.2, -0.15) is 0 Å². The topological polar surface area (TPSA) is 55.6 Å². The molecule has 30 heavy (non-hydrogen) atoms. The normalized spacial score (nSPS) is 11.1. The number of hydrogen-bond donors (Lipinski definition) is 1. The molecule has 8 heteroatoms. The maximum atomic E-state index is 13.1. The van der Waals surface area contributed by atoms with Gasteiger partial charge in [0.05, 0.1) is 17.6 Å². The lowest BCUT2D eigenvalue weighted by atomic mass is 10.2. The summed E-state index contributed by atoms with van der Waals surface area (Å²) in [6.45, 7) is 0.529. The van der Waals surface area contributed by atoms with Crippen LogP contribution >= 0.6 is 22.9 Å². The van der Waals surface area contributed by atoms with E-state index in [0.717, 1.165) is 33.1 Å². The second-order valence-corrected chi connectivity index (χ2v) is 8.15. The molecule has 0 aliphatic carbocycles. The Morgan fingerprint density at radius 2 is 1.70 bits per heavy atom. The van der Waals surface area contributed by atoms with E-state index in [1.165, 1.54) is 23.5 Å². The van der Waals surface area contributed by atoms with Crippen molar-refractivity contribution in [1.82, 2.24) is 19.7 Å². The van der Waals surface area contributed by atoms with Gasteiger partial charge in [-0.15, -0.1) is 10.2 Å². The molecule has 2 heterocycles. The quantitative estimate of drug-likeness (QED) is 0.360. The molecule has 0 saturated heterocycles. The predicted octanol–water partition coefficient (Wildman–Crippen LogP) is 6.14. The standard InChI is InChI=1S/C22H15ClFN5S/c23-15-7-5-14(6-8-15)21-26-18-3-1-2-4-19(18)29(21)13-20-27-28-22(30-20)25-17-11-9-16(24)10-12-17/h1-12H,13H2,(H,25,28). The van der Waals surface area contributed by atoms with Gasteiger partial charge in [-0.3, -0.25) is 0 Å². The van der Waals surface area contributed by atoms with Crippen molar-refractivity contribution < 1.29 is 4.39 Å². The molecule has 0 unspecified atom stereocenters. The third-order valence-electron chi connectivity index (χ3n) is 4.61. The molecular weight excluding hydrogens is 421 g/mol. The number of hydrogen-bond acceptors (Lipinski definition) is 5. The Labute approximate surface area is 180 Å². The van der Waals surface area contributed by atoms with E-state index in [9.17, 15) is 4.39 Å². The lowest BCUT2D eigenvalue weighted by molar-refractivity contribution is 0.628. The van der Waals surface area contributed by atoms with Crippen LogP contribution in [0.25, 0.3) is 22.4 Å². The van der Waals surface area contributed by atoms with Gasteiger partial charge in [0.2, 0.25) is 5.13 Å². The van der Waals surface area contributed by atoms with Gasteiger partial charge >= 0.3 is 0 Å². The maximum Gasteiger partial charge on any atom is 0.210 e. The van der Waals surface area contributed by atoms with E-state index in [1.54, 1.807) is 12.1 Å². The molecule has 2 aromatic heterocycles. The first-order chi connectivity index (χ1) is 14.7. The van der Waals surface area contributed by atoms with E-state index < -0.39 is 0 Å². The summed E-state index contributed by atoms with van der Waals surface area (Å²) in [4.78, 5) is 4.82. The molecule has 5 nitrogen and oxygen atoms in total. The van der Waals surface area contributed by atoms with E-state index in [4.69, 9.17) is 16.6 Å². The molecule has 3 aromatic carbocycles. The molecule has 1 N–H and O–H groups in total. The van der Waals surface area contributed by atoms with Gasteiger partial charge in [0.1, 0.15) is 16.6 Å². The van der Waals surface area contributed by atoms with E-state index >= 15 is 0 Å². The van der Waals surface area contributed by atoms with Crippen LogP contribution in [0.5, 0.6) is 0 Å². The second-order valence-electron chi connectivity index (χ2n) is 6.65. The van der Waals surface area contributed by atoms with Crippen molar-refractivity contribution in [2.75, 3.05) is 5.32 Å². The predicted molar refractivity (Wildman–Crippen MR) is 119 cm³/mol. The smallest absolute Gasteiger partial charge is 0.210 e. The van der Waals surface area contributed by atoms with Gasteiger partial charge in [0.25, 0.3) is 0 Å². The molecule has 0 radical (unpaired) electrons. The number of imidazole rings is 1. The Morgan fingerprint density at radius 1 is 0.933 bits per heavy atom. The lowest BCUT2D eigenvalue weighted by Crippen LogP contribution is -2.02. The Kier molecular flexibility index (Phi) is 4.90. The molecule has 0 atom stereocenters. The Morgan fingerprint density at radius 3 is 2.50 bits per heavy atom. The highest BCUT2D eigenvalue weighted by Crippen LogP contribution is 2.28. The van der Waals surface area contributed by atoms with Crippen LogP contribution in [0.4, 0.5) is 15.2 Å². The first-order valence-electron chi connectivity index (χ1n) is 9.22. The third-order valence-corrected chi connectivity index (χ3v) is 5.69. The minimum Gasteiger partial charge on any atom is -0.330 e. The summed E-state index contributed by atoms with van der Waals surface area (Å²) in [5.41, 5.74) is 3.67. The molecule has 5 aromatic rings. The SMILES string of the molecule is Fc1ccc(Nc2nnc(Cn3c(-c4ccc(Cl)cc4)nc4ccccc43)s2)cc1. The van der Waals surface area contributed by atoms with Gasteiger partial charge in [-0.25, -0.2) is 9.37 Å². The Hall–Kier alpha value is -3.29. The molecular formula is C22H15ClFN5S. The fraction of sp³-hybridized carbons (Fsp3) is 0.0455. The second kappa shape index (κ2) is 7.85. The summed E-state index contributed by atoms with van der Waals surface area (Å²) in [7, 11) is 0. The maximum absolute atomic E-state index is 13.1. The average molecular weight is 436 g/mol. The van der Waals surface area contributed by atoms with Gasteiger partial charge in [-0.1, -0.05) is 35.1 Å². The fourth-order valence-electron chi connectivity index (χ4n) is 3.21. The van der Waals surface area contributed by atoms with Crippen LogP contribution in [0, 0.1) is 5.82 Å². The molecule has 0 saturated carbocycles. The van der Waals surface area contributed by atoms with Crippen LogP contribution in [-0.2, 0) is 6.54 Å². The molecule has 148 valence electrons. The molecule has 0 spiro atoms.